The molecule has 0 aliphatic heterocycles. The van der Waals surface area contributed by atoms with E-state index in [4.69, 9.17) is 0 Å². The summed E-state index contributed by atoms with van der Waals surface area (Å²) in [7, 11) is -6.18. The average molecular weight is 316 g/mol. The van der Waals surface area contributed by atoms with Crippen LogP contribution in [0.3, 0.4) is 0 Å². The summed E-state index contributed by atoms with van der Waals surface area (Å²) in [5, 5.41) is 5.76. The molecule has 0 bridgehead atoms. The predicted molar refractivity (Wildman–Crippen MR) is 72.1 cm³/mol. The van der Waals surface area contributed by atoms with Gasteiger partial charge in [0.15, 0.2) is 5.03 Å². The average Bonchev–Trinajstić information content (AvgIpc) is 2.93. The highest BCUT2D eigenvalue weighted by Gasteiger charge is 2.17. The molecule has 0 unspecified atom stereocenters. The summed E-state index contributed by atoms with van der Waals surface area (Å²) < 4.78 is 51.6. The molecule has 10 heteroatoms. The topological polar surface area (TPSA) is 121 Å². The molecular weight excluding hydrogens is 304 g/mol. The summed E-state index contributed by atoms with van der Waals surface area (Å²) in [6, 6.07) is 6.76. The lowest BCUT2D eigenvalue weighted by molar-refractivity contribution is 0.587. The monoisotopic (exact) mass is 316 g/mol. The quantitative estimate of drug-likeness (QED) is 0.723. The first kappa shape index (κ1) is 14.5. The van der Waals surface area contributed by atoms with Crippen LogP contribution in [0.4, 0.5) is 5.69 Å². The number of nitrogens with zero attached hydrogens (tertiary/aromatic N) is 1. The highest BCUT2D eigenvalue weighted by Crippen LogP contribution is 2.18. The first-order valence-electron chi connectivity index (χ1n) is 5.41. The first-order chi connectivity index (χ1) is 9.35. The zero-order chi connectivity index (χ0) is 14.8. The molecule has 1 aromatic heterocycles. The Balaban J connectivity index is 2.35. The van der Waals surface area contributed by atoms with Gasteiger partial charge >= 0.3 is 0 Å². The molecule has 0 saturated carbocycles. The van der Waals surface area contributed by atoms with E-state index in [1.807, 2.05) is 0 Å². The van der Waals surface area contributed by atoms with Gasteiger partial charge in [0.2, 0.25) is 10.0 Å². The van der Waals surface area contributed by atoms with Crippen molar-refractivity contribution in [3.8, 4) is 0 Å². The van der Waals surface area contributed by atoms with Gasteiger partial charge < -0.3 is 0 Å². The van der Waals surface area contributed by atoms with Crippen LogP contribution in [0.5, 0.6) is 0 Å². The lowest BCUT2D eigenvalue weighted by Crippen LogP contribution is -2.19. The Bertz CT molecular complexity index is 798. The van der Waals surface area contributed by atoms with E-state index in [-0.39, 0.29) is 15.6 Å². The predicted octanol–water partition coefficient (Wildman–Crippen LogP) is 0.119. The number of aromatic nitrogens is 2. The van der Waals surface area contributed by atoms with Crippen LogP contribution in [-0.2, 0) is 20.0 Å². The third-order valence-corrected chi connectivity index (χ3v) is 5.15. The van der Waals surface area contributed by atoms with Crippen LogP contribution in [0.2, 0.25) is 0 Å². The third kappa shape index (κ3) is 2.98. The molecule has 108 valence electrons. The SMILES string of the molecule is CNS(=O)(=O)c1cccc(NS(=O)(=O)c2ccn[nH]2)c1. The van der Waals surface area contributed by atoms with Gasteiger partial charge in [-0.1, -0.05) is 6.07 Å². The van der Waals surface area contributed by atoms with Crippen molar-refractivity contribution in [2.24, 2.45) is 0 Å². The van der Waals surface area contributed by atoms with Crippen molar-refractivity contribution in [2.75, 3.05) is 11.8 Å². The molecule has 2 aromatic rings. The number of aromatic amines is 1. The summed E-state index contributed by atoms with van der Waals surface area (Å²) in [5.74, 6) is 0. The molecule has 3 N–H and O–H groups in total. The summed E-state index contributed by atoms with van der Waals surface area (Å²) in [4.78, 5) is -0.0372. The minimum absolute atomic E-state index is 0.0372. The van der Waals surface area contributed by atoms with Gasteiger partial charge in [0.1, 0.15) is 0 Å². The molecule has 0 saturated heterocycles. The number of hydrogen-bond donors (Lipinski definition) is 3. The number of benzene rings is 1. The molecular formula is C10H12N4O4S2. The number of hydrogen-bond acceptors (Lipinski definition) is 5. The van der Waals surface area contributed by atoms with E-state index in [9.17, 15) is 16.8 Å². The maximum Gasteiger partial charge on any atom is 0.278 e. The van der Waals surface area contributed by atoms with E-state index < -0.39 is 20.0 Å². The van der Waals surface area contributed by atoms with Gasteiger partial charge in [-0.05, 0) is 31.3 Å². The van der Waals surface area contributed by atoms with Gasteiger partial charge in [-0.15, -0.1) is 0 Å². The summed E-state index contributed by atoms with van der Waals surface area (Å²) in [6.07, 6.45) is 1.30. The Hall–Kier alpha value is -1.91. The van der Waals surface area contributed by atoms with Gasteiger partial charge in [0.05, 0.1) is 16.8 Å². The zero-order valence-electron chi connectivity index (χ0n) is 10.4. The molecule has 0 spiro atoms. The second-order valence-electron chi connectivity index (χ2n) is 3.76. The molecule has 20 heavy (non-hydrogen) atoms. The molecule has 0 aliphatic rings. The van der Waals surface area contributed by atoms with E-state index >= 15 is 0 Å². The van der Waals surface area contributed by atoms with E-state index in [1.54, 1.807) is 0 Å². The number of rotatable bonds is 5. The van der Waals surface area contributed by atoms with Gasteiger partial charge in [-0.3, -0.25) is 9.82 Å². The van der Waals surface area contributed by atoms with Gasteiger partial charge in [-0.2, -0.15) is 13.5 Å². The van der Waals surface area contributed by atoms with Crippen molar-refractivity contribution in [1.82, 2.24) is 14.9 Å². The van der Waals surface area contributed by atoms with Crippen LogP contribution in [-0.4, -0.2) is 34.1 Å². The van der Waals surface area contributed by atoms with E-state index in [0.29, 0.717) is 0 Å². The first-order valence-corrected chi connectivity index (χ1v) is 8.37. The fourth-order valence-electron chi connectivity index (χ4n) is 1.45. The Morgan fingerprint density at radius 2 is 1.85 bits per heavy atom. The maximum absolute atomic E-state index is 11.9. The molecule has 0 amide bonds. The number of nitrogens with one attached hydrogen (secondary N) is 3. The molecule has 0 radical (unpaired) electrons. The second kappa shape index (κ2) is 5.23. The van der Waals surface area contributed by atoms with E-state index in [0.717, 1.165) is 0 Å². The van der Waals surface area contributed by atoms with Crippen molar-refractivity contribution >= 4 is 25.7 Å². The second-order valence-corrected chi connectivity index (χ2v) is 7.30. The lowest BCUT2D eigenvalue weighted by Gasteiger charge is -2.08. The van der Waals surface area contributed by atoms with Gasteiger partial charge in [0.25, 0.3) is 10.0 Å². The van der Waals surface area contributed by atoms with Crippen LogP contribution >= 0.6 is 0 Å². The number of sulfonamides is 2. The highest BCUT2D eigenvalue weighted by molar-refractivity contribution is 7.92. The van der Waals surface area contributed by atoms with E-state index in [2.05, 4.69) is 19.6 Å². The molecule has 0 fully saturated rings. The Morgan fingerprint density at radius 3 is 2.45 bits per heavy atom. The molecule has 0 aliphatic carbocycles. The summed E-state index contributed by atoms with van der Waals surface area (Å²) >= 11 is 0. The van der Waals surface area contributed by atoms with Crippen LogP contribution in [0.25, 0.3) is 0 Å². The van der Waals surface area contributed by atoms with Crippen molar-refractivity contribution in [1.29, 1.82) is 0 Å². The Morgan fingerprint density at radius 1 is 1.10 bits per heavy atom. The normalized spacial score (nSPS) is 12.2. The Labute approximate surface area is 116 Å². The highest BCUT2D eigenvalue weighted by atomic mass is 32.2. The van der Waals surface area contributed by atoms with Crippen molar-refractivity contribution in [3.63, 3.8) is 0 Å². The van der Waals surface area contributed by atoms with Crippen molar-refractivity contribution < 1.29 is 16.8 Å². The summed E-state index contributed by atoms with van der Waals surface area (Å²) in [5.41, 5.74) is 0.135. The summed E-state index contributed by atoms with van der Waals surface area (Å²) in [6.45, 7) is 0. The van der Waals surface area contributed by atoms with E-state index in [1.165, 1.54) is 43.6 Å². The smallest absolute Gasteiger partial charge is 0.278 e. The maximum atomic E-state index is 11.9. The molecule has 8 nitrogen and oxygen atoms in total. The van der Waals surface area contributed by atoms with Crippen LogP contribution < -0.4 is 9.44 Å². The molecule has 0 atom stereocenters. The van der Waals surface area contributed by atoms with Crippen molar-refractivity contribution in [3.05, 3.63) is 36.5 Å². The Kier molecular flexibility index (Phi) is 3.79. The van der Waals surface area contributed by atoms with Crippen molar-refractivity contribution in [2.45, 2.75) is 9.92 Å². The fraction of sp³-hybridized carbons (Fsp3) is 0.100. The van der Waals surface area contributed by atoms with Gasteiger partial charge in [-0.25, -0.2) is 13.1 Å². The molecule has 2 rings (SSSR count). The van der Waals surface area contributed by atoms with Crippen LogP contribution in [0.15, 0.2) is 46.5 Å². The molecule has 1 heterocycles. The number of H-pyrrole nitrogens is 1. The number of anilines is 1. The minimum atomic E-state index is -3.82. The lowest BCUT2D eigenvalue weighted by atomic mass is 10.3. The standard InChI is InChI=1S/C10H12N4O4S2/c1-11-19(15,16)9-4-2-3-8(7-9)14-20(17,18)10-5-6-12-13-10/h2-7,11,14H,1H3,(H,12,13). The molecule has 1 aromatic carbocycles. The van der Waals surface area contributed by atoms with Crippen LogP contribution in [0.1, 0.15) is 0 Å². The van der Waals surface area contributed by atoms with Gasteiger partial charge in [0, 0.05) is 0 Å². The minimum Gasteiger partial charge on any atom is -0.278 e. The largest absolute Gasteiger partial charge is 0.278 e. The third-order valence-electron chi connectivity index (χ3n) is 2.43. The fourth-order valence-corrected chi connectivity index (χ4v) is 3.18. The van der Waals surface area contributed by atoms with Crippen LogP contribution in [0, 0.1) is 0 Å². The zero-order valence-corrected chi connectivity index (χ0v) is 12.0.